The number of ether oxygens (including phenoxy) is 4. The van der Waals surface area contributed by atoms with Crippen LogP contribution in [0.5, 0.6) is 11.5 Å². The molecule has 1 aliphatic heterocycles. The van der Waals surface area contributed by atoms with Gasteiger partial charge in [-0.3, -0.25) is 0 Å². The number of hydrogen-bond acceptors (Lipinski definition) is 6. The number of aliphatic hydroxyl groups is 1. The first-order chi connectivity index (χ1) is 16.5. The van der Waals surface area contributed by atoms with Gasteiger partial charge in [-0.05, 0) is 68.5 Å². The minimum Gasteiger partial charge on any atom is -0.491 e. The summed E-state index contributed by atoms with van der Waals surface area (Å²) in [5.74, 6) is 9.24. The van der Waals surface area contributed by atoms with Gasteiger partial charge in [-0.2, -0.15) is 0 Å². The van der Waals surface area contributed by atoms with Crippen LogP contribution >= 0.6 is 31.9 Å². The Kier molecular flexibility index (Phi) is 7.12. The molecule has 0 amide bonds. The highest BCUT2D eigenvalue weighted by Crippen LogP contribution is 2.53. The SMILES string of the molecule is COC(=O)C1CC(O)CC(Oc2c[nH]c3cc(Br)c(OCC4C5CCC#CCCC54)c(Br)c23)O1. The van der Waals surface area contributed by atoms with Crippen molar-refractivity contribution in [2.75, 3.05) is 13.7 Å². The summed E-state index contributed by atoms with van der Waals surface area (Å²) in [4.78, 5) is 15.1. The maximum atomic E-state index is 11.9. The number of aromatic nitrogens is 1. The van der Waals surface area contributed by atoms with Crippen LogP contribution in [0.15, 0.2) is 21.2 Å². The normalized spacial score (nSPS) is 30.4. The number of H-pyrrole nitrogens is 1. The number of nitrogens with one attached hydrogen (secondary N) is 1. The molecular weight excluding hydrogens is 570 g/mol. The van der Waals surface area contributed by atoms with Crippen molar-refractivity contribution >= 4 is 48.7 Å². The Labute approximate surface area is 215 Å². The summed E-state index contributed by atoms with van der Waals surface area (Å²) in [6, 6.07) is 1.96. The van der Waals surface area contributed by atoms with Crippen LogP contribution in [0.4, 0.5) is 0 Å². The van der Waals surface area contributed by atoms with Crippen LogP contribution < -0.4 is 9.47 Å². The minimum absolute atomic E-state index is 0.185. The average Bonchev–Trinajstić information content (AvgIpc) is 3.26. The molecule has 9 heteroatoms. The Balaban J connectivity index is 1.32. The molecule has 1 aromatic heterocycles. The number of hydrogen-bond donors (Lipinski definition) is 2. The summed E-state index contributed by atoms with van der Waals surface area (Å²) in [5.41, 5.74) is 0.854. The quantitative estimate of drug-likeness (QED) is 0.363. The lowest BCUT2D eigenvalue weighted by atomic mass is 10.1. The molecule has 2 heterocycles. The second-order valence-corrected chi connectivity index (χ2v) is 10.8. The van der Waals surface area contributed by atoms with Gasteiger partial charge >= 0.3 is 5.97 Å². The van der Waals surface area contributed by atoms with Crippen LogP contribution in [0.3, 0.4) is 0 Å². The van der Waals surface area contributed by atoms with Crippen molar-refractivity contribution in [3.63, 3.8) is 0 Å². The monoisotopic (exact) mass is 595 g/mol. The molecule has 2 fully saturated rings. The van der Waals surface area contributed by atoms with E-state index in [0.29, 0.717) is 30.1 Å². The van der Waals surface area contributed by atoms with Crippen molar-refractivity contribution in [3.8, 4) is 23.3 Å². The van der Waals surface area contributed by atoms with Crippen LogP contribution in [0.2, 0.25) is 0 Å². The summed E-state index contributed by atoms with van der Waals surface area (Å²) in [6.07, 6.45) is 4.10. The van der Waals surface area contributed by atoms with Gasteiger partial charge < -0.3 is 29.0 Å². The highest BCUT2D eigenvalue weighted by Gasteiger charge is 2.49. The number of aliphatic hydroxyl groups excluding tert-OH is 1. The predicted octanol–water partition coefficient (Wildman–Crippen LogP) is 4.93. The fourth-order valence-electron chi connectivity index (χ4n) is 5.22. The predicted molar refractivity (Wildman–Crippen MR) is 132 cm³/mol. The Morgan fingerprint density at radius 1 is 1.24 bits per heavy atom. The third-order valence-electron chi connectivity index (χ3n) is 7.03. The molecule has 1 saturated carbocycles. The first-order valence-electron chi connectivity index (χ1n) is 11.6. The number of halogens is 2. The Morgan fingerprint density at radius 2 is 1.97 bits per heavy atom. The molecular formula is C25H27Br2NO6. The number of carbonyl (C=O) groups excluding carboxylic acids is 1. The zero-order valence-electron chi connectivity index (χ0n) is 18.8. The Morgan fingerprint density at radius 3 is 2.68 bits per heavy atom. The van der Waals surface area contributed by atoms with Gasteiger partial charge in [0.15, 0.2) is 6.10 Å². The molecule has 3 aliphatic rings. The number of fused-ring (bicyclic) bond motifs is 2. The Hall–Kier alpha value is -1.73. The van der Waals surface area contributed by atoms with E-state index in [1.165, 1.54) is 7.11 Å². The maximum absolute atomic E-state index is 11.9. The lowest BCUT2D eigenvalue weighted by molar-refractivity contribution is -0.197. The third-order valence-corrected chi connectivity index (χ3v) is 8.38. The smallest absolute Gasteiger partial charge is 0.335 e. The highest BCUT2D eigenvalue weighted by atomic mass is 79.9. The summed E-state index contributed by atoms with van der Waals surface area (Å²) in [6.45, 7) is 0.664. The molecule has 5 rings (SSSR count). The topological polar surface area (TPSA) is 90.0 Å². The van der Waals surface area contributed by atoms with Crippen LogP contribution in [0.25, 0.3) is 10.9 Å². The minimum atomic E-state index is -0.860. The summed E-state index contributed by atoms with van der Waals surface area (Å²) < 4.78 is 24.6. The molecule has 0 radical (unpaired) electrons. The van der Waals surface area contributed by atoms with Crippen molar-refractivity contribution in [3.05, 3.63) is 21.2 Å². The highest BCUT2D eigenvalue weighted by molar-refractivity contribution is 9.11. The van der Waals surface area contributed by atoms with Gasteiger partial charge in [-0.25, -0.2) is 4.79 Å². The van der Waals surface area contributed by atoms with Gasteiger partial charge in [0.2, 0.25) is 6.29 Å². The summed E-state index contributed by atoms with van der Waals surface area (Å²) in [7, 11) is 1.30. The second-order valence-electron chi connectivity index (χ2n) is 9.13. The van der Waals surface area contributed by atoms with Gasteiger partial charge in [0.1, 0.15) is 11.5 Å². The molecule has 5 unspecified atom stereocenters. The van der Waals surface area contributed by atoms with E-state index in [0.717, 1.165) is 51.3 Å². The molecule has 34 heavy (non-hydrogen) atoms. The third kappa shape index (κ3) is 4.83. The Bertz CT molecular complexity index is 1120. The molecule has 0 spiro atoms. The number of methoxy groups -OCH3 is 1. The molecule has 7 nitrogen and oxygen atoms in total. The molecule has 182 valence electrons. The summed E-state index contributed by atoms with van der Waals surface area (Å²) in [5, 5.41) is 11.0. The van der Waals surface area contributed by atoms with Crippen molar-refractivity contribution in [2.45, 2.75) is 57.0 Å². The number of aromatic amines is 1. The van der Waals surface area contributed by atoms with Crippen LogP contribution in [0.1, 0.15) is 38.5 Å². The first-order valence-corrected chi connectivity index (χ1v) is 13.2. The van der Waals surface area contributed by atoms with E-state index in [1.807, 2.05) is 6.07 Å². The van der Waals surface area contributed by atoms with E-state index in [1.54, 1.807) is 6.20 Å². The zero-order valence-corrected chi connectivity index (χ0v) is 22.0. The van der Waals surface area contributed by atoms with E-state index in [-0.39, 0.29) is 12.8 Å². The molecule has 2 aromatic rings. The number of rotatable bonds is 6. The van der Waals surface area contributed by atoms with Crippen LogP contribution in [0, 0.1) is 29.6 Å². The number of esters is 1. The van der Waals surface area contributed by atoms with Gasteiger partial charge in [0.05, 0.1) is 39.7 Å². The van der Waals surface area contributed by atoms with Crippen molar-refractivity contribution < 1.29 is 28.8 Å². The number of carbonyl (C=O) groups is 1. The fraction of sp³-hybridized carbons (Fsp3) is 0.560. The molecule has 1 saturated heterocycles. The maximum Gasteiger partial charge on any atom is 0.335 e. The van der Waals surface area contributed by atoms with Crippen molar-refractivity contribution in [2.24, 2.45) is 17.8 Å². The molecule has 0 bridgehead atoms. The van der Waals surface area contributed by atoms with Crippen molar-refractivity contribution in [1.29, 1.82) is 0 Å². The zero-order chi connectivity index (χ0) is 23.8. The molecule has 5 atom stereocenters. The fourth-order valence-corrected chi connectivity index (χ4v) is 6.76. The van der Waals surface area contributed by atoms with Gasteiger partial charge in [0, 0.05) is 31.9 Å². The van der Waals surface area contributed by atoms with Crippen LogP contribution in [-0.2, 0) is 14.3 Å². The van der Waals surface area contributed by atoms with E-state index in [2.05, 4.69) is 48.7 Å². The standard InChI is InChI=1S/C25H27Br2NO6/c1-31-25(30)19-8-13(29)9-21(33-19)34-20-11-28-18-10-17(26)24(23(27)22(18)20)32-12-16-14-6-4-2-3-5-7-15(14)16/h10-11,13-16,19,21,28-29H,4-9,12H2,1H3. The number of benzene rings is 1. The second kappa shape index (κ2) is 10.1. The summed E-state index contributed by atoms with van der Waals surface area (Å²) >= 11 is 7.36. The lowest BCUT2D eigenvalue weighted by Gasteiger charge is -2.31. The average molecular weight is 597 g/mol. The van der Waals surface area contributed by atoms with Gasteiger partial charge in [-0.1, -0.05) is 0 Å². The van der Waals surface area contributed by atoms with E-state index in [4.69, 9.17) is 18.9 Å². The van der Waals surface area contributed by atoms with Crippen molar-refractivity contribution in [1.82, 2.24) is 4.98 Å². The molecule has 2 aliphatic carbocycles. The van der Waals surface area contributed by atoms with Gasteiger partial charge in [0.25, 0.3) is 0 Å². The van der Waals surface area contributed by atoms with Crippen LogP contribution in [-0.4, -0.2) is 48.3 Å². The van der Waals surface area contributed by atoms with Gasteiger partial charge in [-0.15, -0.1) is 11.8 Å². The molecule has 2 N–H and O–H groups in total. The van der Waals surface area contributed by atoms with E-state index < -0.39 is 24.5 Å². The first kappa shape index (κ1) is 24.0. The van der Waals surface area contributed by atoms with E-state index in [9.17, 15) is 9.90 Å². The largest absolute Gasteiger partial charge is 0.491 e. The lowest BCUT2D eigenvalue weighted by Crippen LogP contribution is -2.42. The van der Waals surface area contributed by atoms with E-state index >= 15 is 0 Å². The molecule has 1 aromatic carbocycles.